The van der Waals surface area contributed by atoms with Crippen molar-refractivity contribution in [3.8, 4) is 11.5 Å². The normalized spacial score (nSPS) is 12.6. The lowest BCUT2D eigenvalue weighted by Gasteiger charge is -2.16. The monoisotopic (exact) mass is 426 g/mol. The second-order valence-corrected chi connectivity index (χ2v) is 7.57. The fourth-order valence-corrected chi connectivity index (χ4v) is 3.49. The van der Waals surface area contributed by atoms with Gasteiger partial charge in [0.25, 0.3) is 11.8 Å². The van der Waals surface area contributed by atoms with E-state index in [1.165, 1.54) is 11.0 Å². The van der Waals surface area contributed by atoms with E-state index in [1.807, 2.05) is 25.1 Å². The number of fused-ring (bicyclic) bond motifs is 2. The number of hydrogen-bond donors (Lipinski definition) is 1. The molecule has 0 atom stereocenters. The van der Waals surface area contributed by atoms with Gasteiger partial charge in [0.05, 0.1) is 21.8 Å². The van der Waals surface area contributed by atoms with E-state index < -0.39 is 5.91 Å². The smallest absolute Gasteiger partial charge is 0.261 e. The molecule has 146 valence electrons. The number of hydrogen-bond acceptors (Lipinski definition) is 3. The Bertz CT molecular complexity index is 1160. The number of ether oxygens (including phenoxy) is 1. The molecule has 0 aromatic heterocycles. The average Bonchev–Trinajstić information content (AvgIpc) is 2.79. The zero-order valence-corrected chi connectivity index (χ0v) is 17.1. The number of aryl methyl sites for hydroxylation is 1. The Labute approximate surface area is 177 Å². The molecule has 3 aromatic rings. The Morgan fingerprint density at radius 3 is 2.55 bits per heavy atom. The molecule has 1 aliphatic heterocycles. The Hall–Kier alpha value is -3.02. The van der Waals surface area contributed by atoms with E-state index in [1.54, 1.807) is 37.4 Å². The van der Waals surface area contributed by atoms with Crippen LogP contribution in [0.15, 0.2) is 54.6 Å². The number of nitrogens with one attached hydrogen (secondary N) is 1. The van der Waals surface area contributed by atoms with E-state index in [-0.39, 0.29) is 16.5 Å². The van der Waals surface area contributed by atoms with Gasteiger partial charge in [0.1, 0.15) is 5.75 Å². The fourth-order valence-electron chi connectivity index (χ4n) is 3.12. The SMILES string of the molecule is Cc1ccc2c(c1)N(C)C(=O)c1cc(NC(=O)c3cc(Cl)ccc3Cl)ccc1O2. The van der Waals surface area contributed by atoms with E-state index in [2.05, 4.69) is 5.32 Å². The third kappa shape index (κ3) is 3.67. The van der Waals surface area contributed by atoms with Crippen molar-refractivity contribution < 1.29 is 14.3 Å². The van der Waals surface area contributed by atoms with Crippen molar-refractivity contribution in [3.63, 3.8) is 0 Å². The Kier molecular flexibility index (Phi) is 4.94. The highest BCUT2D eigenvalue weighted by Crippen LogP contribution is 2.39. The van der Waals surface area contributed by atoms with Crippen molar-refractivity contribution in [2.45, 2.75) is 6.92 Å². The summed E-state index contributed by atoms with van der Waals surface area (Å²) in [5.74, 6) is 0.351. The summed E-state index contributed by atoms with van der Waals surface area (Å²) in [7, 11) is 1.69. The molecule has 1 aliphatic rings. The molecular weight excluding hydrogens is 411 g/mol. The zero-order valence-electron chi connectivity index (χ0n) is 15.6. The van der Waals surface area contributed by atoms with Gasteiger partial charge in [-0.2, -0.15) is 0 Å². The first-order chi connectivity index (χ1) is 13.8. The summed E-state index contributed by atoms with van der Waals surface area (Å²) in [5, 5.41) is 3.44. The molecule has 0 fully saturated rings. The number of carbonyl (C=O) groups excluding carboxylic acids is 2. The number of amides is 2. The minimum atomic E-state index is -0.424. The summed E-state index contributed by atoms with van der Waals surface area (Å²) in [6.45, 7) is 1.95. The van der Waals surface area contributed by atoms with Gasteiger partial charge < -0.3 is 15.0 Å². The van der Waals surface area contributed by atoms with Crippen LogP contribution in [0.1, 0.15) is 26.3 Å². The van der Waals surface area contributed by atoms with Crippen molar-refractivity contribution in [1.82, 2.24) is 0 Å². The number of benzene rings is 3. The maximum Gasteiger partial charge on any atom is 0.261 e. The standard InChI is InChI=1S/C22H16Cl2N2O3/c1-12-3-7-20-18(9-12)26(2)22(28)16-11-14(5-8-19(16)29-20)25-21(27)15-10-13(23)4-6-17(15)24/h3-11H,1-2H3,(H,25,27). The van der Waals surface area contributed by atoms with Crippen molar-refractivity contribution in [3.05, 3.63) is 81.3 Å². The fraction of sp³-hybridized carbons (Fsp3) is 0.0909. The highest BCUT2D eigenvalue weighted by atomic mass is 35.5. The molecule has 0 unspecified atom stereocenters. The quantitative estimate of drug-likeness (QED) is 0.551. The molecule has 0 saturated heterocycles. The Balaban J connectivity index is 1.68. The number of nitrogens with zero attached hydrogens (tertiary/aromatic N) is 1. The molecule has 5 nitrogen and oxygen atoms in total. The summed E-state index contributed by atoms with van der Waals surface area (Å²) < 4.78 is 5.96. The van der Waals surface area contributed by atoms with Crippen molar-refractivity contribution >= 4 is 46.4 Å². The molecule has 3 aromatic carbocycles. The Morgan fingerprint density at radius 2 is 1.76 bits per heavy atom. The van der Waals surface area contributed by atoms with Crippen LogP contribution in [-0.2, 0) is 0 Å². The number of carbonyl (C=O) groups is 2. The molecule has 0 saturated carbocycles. The summed E-state index contributed by atoms with van der Waals surface area (Å²) in [5.41, 5.74) is 2.73. The molecule has 7 heteroatoms. The van der Waals surface area contributed by atoms with Gasteiger partial charge in [-0.25, -0.2) is 0 Å². The lowest BCUT2D eigenvalue weighted by atomic mass is 10.1. The van der Waals surface area contributed by atoms with Crippen LogP contribution in [0, 0.1) is 6.92 Å². The predicted octanol–water partition coefficient (Wildman–Crippen LogP) is 5.94. The molecule has 0 spiro atoms. The van der Waals surface area contributed by atoms with Crippen LogP contribution < -0.4 is 15.0 Å². The van der Waals surface area contributed by atoms with Crippen LogP contribution in [0.5, 0.6) is 11.5 Å². The van der Waals surface area contributed by atoms with Crippen LogP contribution in [-0.4, -0.2) is 18.9 Å². The molecule has 29 heavy (non-hydrogen) atoms. The maximum atomic E-state index is 13.0. The first-order valence-corrected chi connectivity index (χ1v) is 9.56. The van der Waals surface area contributed by atoms with Gasteiger partial charge in [0.15, 0.2) is 5.75 Å². The summed E-state index contributed by atoms with van der Waals surface area (Å²) in [4.78, 5) is 27.2. The zero-order chi connectivity index (χ0) is 20.7. The Morgan fingerprint density at radius 1 is 1.00 bits per heavy atom. The van der Waals surface area contributed by atoms with Crippen LogP contribution in [0.2, 0.25) is 10.0 Å². The number of halogens is 2. The summed E-state index contributed by atoms with van der Waals surface area (Å²) in [6.07, 6.45) is 0. The molecule has 0 radical (unpaired) electrons. The molecule has 1 heterocycles. The van der Waals surface area contributed by atoms with Gasteiger partial charge in [0.2, 0.25) is 0 Å². The molecule has 0 aliphatic carbocycles. The van der Waals surface area contributed by atoms with E-state index in [4.69, 9.17) is 27.9 Å². The van der Waals surface area contributed by atoms with E-state index in [0.717, 1.165) is 5.56 Å². The highest BCUT2D eigenvalue weighted by molar-refractivity contribution is 6.36. The van der Waals surface area contributed by atoms with E-state index in [0.29, 0.717) is 33.5 Å². The van der Waals surface area contributed by atoms with E-state index in [9.17, 15) is 9.59 Å². The van der Waals surface area contributed by atoms with Crippen LogP contribution in [0.4, 0.5) is 11.4 Å². The average molecular weight is 427 g/mol. The molecule has 0 bridgehead atoms. The van der Waals surface area contributed by atoms with Gasteiger partial charge >= 0.3 is 0 Å². The highest BCUT2D eigenvalue weighted by Gasteiger charge is 2.26. The minimum absolute atomic E-state index is 0.235. The molecule has 1 N–H and O–H groups in total. The summed E-state index contributed by atoms with van der Waals surface area (Å²) in [6, 6.07) is 15.2. The molecular formula is C22H16Cl2N2O3. The van der Waals surface area contributed by atoms with E-state index >= 15 is 0 Å². The van der Waals surface area contributed by atoms with Crippen LogP contribution in [0.25, 0.3) is 0 Å². The number of anilines is 2. The van der Waals surface area contributed by atoms with Gasteiger partial charge in [-0.3, -0.25) is 9.59 Å². The third-order valence-corrected chi connectivity index (χ3v) is 5.21. The van der Waals surface area contributed by atoms with Gasteiger partial charge in [0, 0.05) is 17.8 Å². The minimum Gasteiger partial charge on any atom is -0.454 e. The lowest BCUT2D eigenvalue weighted by Crippen LogP contribution is -2.25. The first-order valence-electron chi connectivity index (χ1n) is 8.80. The predicted molar refractivity (Wildman–Crippen MR) is 115 cm³/mol. The topological polar surface area (TPSA) is 58.6 Å². The van der Waals surface area contributed by atoms with Gasteiger partial charge in [-0.05, 0) is 61.0 Å². The third-order valence-electron chi connectivity index (χ3n) is 4.64. The van der Waals surface area contributed by atoms with Crippen LogP contribution in [0.3, 0.4) is 0 Å². The second-order valence-electron chi connectivity index (χ2n) is 6.73. The molecule has 4 rings (SSSR count). The van der Waals surface area contributed by atoms with Crippen molar-refractivity contribution in [2.24, 2.45) is 0 Å². The van der Waals surface area contributed by atoms with Crippen molar-refractivity contribution in [1.29, 1.82) is 0 Å². The maximum absolute atomic E-state index is 13.0. The number of rotatable bonds is 2. The largest absolute Gasteiger partial charge is 0.454 e. The second kappa shape index (κ2) is 7.43. The molecule has 2 amide bonds. The van der Waals surface area contributed by atoms with Gasteiger partial charge in [-0.15, -0.1) is 0 Å². The first kappa shape index (κ1) is 19.3. The summed E-state index contributed by atoms with van der Waals surface area (Å²) >= 11 is 12.1. The lowest BCUT2D eigenvalue weighted by molar-refractivity contribution is 0.0990. The van der Waals surface area contributed by atoms with Crippen molar-refractivity contribution in [2.75, 3.05) is 17.3 Å². The van der Waals surface area contributed by atoms with Gasteiger partial charge in [-0.1, -0.05) is 29.3 Å². The van der Waals surface area contributed by atoms with Crippen LogP contribution >= 0.6 is 23.2 Å².